The molecule has 1 atom stereocenters. The number of rotatable bonds is 7. The number of nitrogens with one attached hydrogen (secondary N) is 1. The van der Waals surface area contributed by atoms with Gasteiger partial charge >= 0.3 is 0 Å². The van der Waals surface area contributed by atoms with Gasteiger partial charge in [-0.05, 0) is 54.5 Å². The fourth-order valence-corrected chi connectivity index (χ4v) is 3.90. The lowest BCUT2D eigenvalue weighted by Gasteiger charge is -2.12. The number of nitrogens with two attached hydrogens (primary N) is 1. The third kappa shape index (κ3) is 4.05. The Bertz CT molecular complexity index is 1260. The van der Waals surface area contributed by atoms with Crippen molar-refractivity contribution in [1.82, 2.24) is 19.9 Å². The molecule has 2 aromatic carbocycles. The number of nitrogen functional groups attached to an aromatic ring is 1. The summed E-state index contributed by atoms with van der Waals surface area (Å²) in [5.41, 5.74) is 11.7. The van der Waals surface area contributed by atoms with Gasteiger partial charge in [-0.3, -0.25) is 9.36 Å². The summed E-state index contributed by atoms with van der Waals surface area (Å²) in [6.45, 7) is 9.25. The maximum Gasteiger partial charge on any atom is 0.257 e. The number of nitrogens with zero attached hydrogens (tertiary/aromatic N) is 3. The third-order valence-electron chi connectivity index (χ3n) is 6.06. The molecule has 2 aromatic heterocycles. The molecule has 6 nitrogen and oxygen atoms in total. The molecule has 0 spiro atoms. The van der Waals surface area contributed by atoms with Crippen LogP contribution in [-0.2, 0) is 0 Å². The fraction of sp³-hybridized carbons (Fsp3) is 0.346. The highest BCUT2D eigenvalue weighted by molar-refractivity contribution is 6.11. The maximum atomic E-state index is 13.2. The van der Waals surface area contributed by atoms with Gasteiger partial charge in [0.25, 0.3) is 5.91 Å². The SMILES string of the molecule is CC[C@@H](C)c1ccc(-n2c(N)c(C(=O)NCCC(C)C)c3nc4ccccc4nc32)cc1. The lowest BCUT2D eigenvalue weighted by atomic mass is 9.99. The highest BCUT2D eigenvalue weighted by atomic mass is 16.1. The summed E-state index contributed by atoms with van der Waals surface area (Å²) in [6.07, 6.45) is 1.97. The first-order valence-electron chi connectivity index (χ1n) is 11.4. The summed E-state index contributed by atoms with van der Waals surface area (Å²) in [5.74, 6) is 1.12. The van der Waals surface area contributed by atoms with Crippen LogP contribution in [-0.4, -0.2) is 27.0 Å². The molecule has 0 bridgehead atoms. The van der Waals surface area contributed by atoms with Crippen molar-refractivity contribution >= 4 is 33.9 Å². The number of hydrogen-bond acceptors (Lipinski definition) is 4. The average molecular weight is 430 g/mol. The van der Waals surface area contributed by atoms with Crippen molar-refractivity contribution in [1.29, 1.82) is 0 Å². The van der Waals surface area contributed by atoms with Gasteiger partial charge < -0.3 is 11.1 Å². The largest absolute Gasteiger partial charge is 0.384 e. The van der Waals surface area contributed by atoms with Crippen LogP contribution in [0, 0.1) is 5.92 Å². The summed E-state index contributed by atoms with van der Waals surface area (Å²) in [4.78, 5) is 22.8. The number of amides is 1. The molecule has 1 amide bonds. The number of anilines is 1. The smallest absolute Gasteiger partial charge is 0.257 e. The molecule has 6 heteroatoms. The molecule has 0 saturated heterocycles. The van der Waals surface area contributed by atoms with Gasteiger partial charge in [-0.15, -0.1) is 0 Å². The first kappa shape index (κ1) is 21.8. The summed E-state index contributed by atoms with van der Waals surface area (Å²) < 4.78 is 1.84. The van der Waals surface area contributed by atoms with E-state index in [-0.39, 0.29) is 5.91 Å². The van der Waals surface area contributed by atoms with Crippen LogP contribution >= 0.6 is 0 Å². The number of carbonyl (C=O) groups excluding carboxylic acids is 1. The third-order valence-corrected chi connectivity index (χ3v) is 6.06. The molecule has 0 aliphatic rings. The van der Waals surface area contributed by atoms with Gasteiger partial charge in [0.05, 0.1) is 11.0 Å². The Balaban J connectivity index is 1.87. The Morgan fingerprint density at radius 1 is 1.03 bits per heavy atom. The summed E-state index contributed by atoms with van der Waals surface area (Å²) >= 11 is 0. The van der Waals surface area contributed by atoms with Gasteiger partial charge in [-0.2, -0.15) is 0 Å². The Morgan fingerprint density at radius 2 is 1.69 bits per heavy atom. The Hall–Kier alpha value is -3.41. The lowest BCUT2D eigenvalue weighted by Crippen LogP contribution is -2.26. The molecule has 0 unspecified atom stereocenters. The number of benzene rings is 2. The van der Waals surface area contributed by atoms with Crippen molar-refractivity contribution in [3.63, 3.8) is 0 Å². The van der Waals surface area contributed by atoms with E-state index in [1.54, 1.807) is 0 Å². The van der Waals surface area contributed by atoms with E-state index in [9.17, 15) is 4.79 Å². The van der Waals surface area contributed by atoms with Gasteiger partial charge in [0, 0.05) is 12.2 Å². The monoisotopic (exact) mass is 429 g/mol. The first-order chi connectivity index (χ1) is 15.4. The van der Waals surface area contributed by atoms with Crippen LogP contribution in [0.25, 0.3) is 27.9 Å². The minimum Gasteiger partial charge on any atom is -0.384 e. The van der Waals surface area contributed by atoms with E-state index < -0.39 is 0 Å². The number of aromatic nitrogens is 3. The zero-order chi connectivity index (χ0) is 22.8. The molecular formula is C26H31N5O. The van der Waals surface area contributed by atoms with Crippen molar-refractivity contribution in [2.24, 2.45) is 5.92 Å². The van der Waals surface area contributed by atoms with Crippen molar-refractivity contribution in [3.8, 4) is 5.69 Å². The normalized spacial score (nSPS) is 12.5. The molecule has 3 N–H and O–H groups in total. The minimum atomic E-state index is -0.215. The predicted molar refractivity (Wildman–Crippen MR) is 131 cm³/mol. The lowest BCUT2D eigenvalue weighted by molar-refractivity contribution is 0.0954. The maximum absolute atomic E-state index is 13.2. The zero-order valence-corrected chi connectivity index (χ0v) is 19.2. The zero-order valence-electron chi connectivity index (χ0n) is 19.2. The Morgan fingerprint density at radius 3 is 2.31 bits per heavy atom. The van der Waals surface area contributed by atoms with E-state index in [1.807, 2.05) is 41.0 Å². The van der Waals surface area contributed by atoms with E-state index in [0.717, 1.165) is 29.6 Å². The molecular weight excluding hydrogens is 398 g/mol. The fourth-order valence-electron chi connectivity index (χ4n) is 3.90. The second kappa shape index (κ2) is 8.99. The Kier molecular flexibility index (Phi) is 6.12. The molecule has 2 heterocycles. The highest BCUT2D eigenvalue weighted by Crippen LogP contribution is 2.31. The summed E-state index contributed by atoms with van der Waals surface area (Å²) in [6, 6.07) is 16.0. The second-order valence-electron chi connectivity index (χ2n) is 8.82. The van der Waals surface area contributed by atoms with Crippen molar-refractivity contribution < 1.29 is 4.79 Å². The van der Waals surface area contributed by atoms with Gasteiger partial charge in [-0.1, -0.05) is 52.0 Å². The summed E-state index contributed by atoms with van der Waals surface area (Å²) in [7, 11) is 0. The van der Waals surface area contributed by atoms with Crippen molar-refractivity contribution in [2.45, 2.75) is 46.5 Å². The molecule has 0 aliphatic heterocycles. The van der Waals surface area contributed by atoms with Crippen molar-refractivity contribution in [2.75, 3.05) is 12.3 Å². The van der Waals surface area contributed by atoms with Crippen LogP contribution in [0.5, 0.6) is 0 Å². The molecule has 0 aliphatic carbocycles. The second-order valence-corrected chi connectivity index (χ2v) is 8.82. The number of hydrogen-bond donors (Lipinski definition) is 2. The molecule has 4 rings (SSSR count). The number of para-hydroxylation sites is 2. The molecule has 32 heavy (non-hydrogen) atoms. The number of carbonyl (C=O) groups is 1. The van der Waals surface area contributed by atoms with E-state index in [1.165, 1.54) is 5.56 Å². The minimum absolute atomic E-state index is 0.215. The van der Waals surface area contributed by atoms with Crippen LogP contribution in [0.3, 0.4) is 0 Å². The van der Waals surface area contributed by atoms with Gasteiger partial charge in [0.1, 0.15) is 16.9 Å². The predicted octanol–water partition coefficient (Wildman–Crippen LogP) is 5.45. The summed E-state index contributed by atoms with van der Waals surface area (Å²) in [5, 5.41) is 3.01. The van der Waals surface area contributed by atoms with E-state index in [2.05, 4.69) is 45.1 Å². The number of fused-ring (bicyclic) bond motifs is 2. The van der Waals surface area contributed by atoms with Crippen molar-refractivity contribution in [3.05, 3.63) is 59.7 Å². The van der Waals surface area contributed by atoms with Gasteiger partial charge in [-0.25, -0.2) is 9.97 Å². The van der Waals surface area contributed by atoms with E-state index in [4.69, 9.17) is 15.7 Å². The average Bonchev–Trinajstić information content (AvgIpc) is 3.07. The van der Waals surface area contributed by atoms with Crippen LogP contribution in [0.4, 0.5) is 5.82 Å². The molecule has 0 fully saturated rings. The van der Waals surface area contributed by atoms with Crippen LogP contribution in [0.15, 0.2) is 48.5 Å². The topological polar surface area (TPSA) is 85.8 Å². The molecule has 0 radical (unpaired) electrons. The highest BCUT2D eigenvalue weighted by Gasteiger charge is 2.24. The van der Waals surface area contributed by atoms with E-state index in [0.29, 0.717) is 40.9 Å². The van der Waals surface area contributed by atoms with Crippen LogP contribution in [0.2, 0.25) is 0 Å². The van der Waals surface area contributed by atoms with Gasteiger partial charge in [0.15, 0.2) is 5.65 Å². The van der Waals surface area contributed by atoms with Gasteiger partial charge in [0.2, 0.25) is 0 Å². The quantitative estimate of drug-likeness (QED) is 0.409. The molecule has 166 valence electrons. The molecule has 4 aromatic rings. The van der Waals surface area contributed by atoms with E-state index >= 15 is 0 Å². The standard InChI is InChI=1S/C26H31N5O/c1-5-17(4)18-10-12-19(13-11-18)31-24(27)22(26(32)28-15-14-16(2)3)23-25(31)30-21-9-7-6-8-20(21)29-23/h6-13,16-17H,5,14-15,27H2,1-4H3,(H,28,32)/t17-/m1/s1. The first-order valence-corrected chi connectivity index (χ1v) is 11.4. The van der Waals surface area contributed by atoms with Crippen LogP contribution < -0.4 is 11.1 Å². The molecule has 0 saturated carbocycles. The Labute approximate surface area is 188 Å². The van der Waals surface area contributed by atoms with Crippen LogP contribution in [0.1, 0.15) is 62.4 Å².